The van der Waals surface area contributed by atoms with Crippen LogP contribution in [-0.2, 0) is 14.3 Å². The van der Waals surface area contributed by atoms with Gasteiger partial charge in [0.2, 0.25) is 0 Å². The van der Waals surface area contributed by atoms with Gasteiger partial charge in [-0.25, -0.2) is 9.59 Å². The third-order valence-electron chi connectivity index (χ3n) is 3.00. The Bertz CT molecular complexity index is 304. The van der Waals surface area contributed by atoms with E-state index in [9.17, 15) is 9.59 Å². The van der Waals surface area contributed by atoms with Crippen LogP contribution >= 0.6 is 0 Å². The molecular weight excluding hydrogens is 258 g/mol. The number of hydrogen-bond donors (Lipinski definition) is 0. The number of likely N-dealkylation sites (N-methyl/N-ethyl adjacent to an activating group) is 1. The van der Waals surface area contributed by atoms with Gasteiger partial charge in [0.15, 0.2) is 0 Å². The summed E-state index contributed by atoms with van der Waals surface area (Å²) in [6.45, 7) is 7.97. The monoisotopic (exact) mass is 285 g/mol. The van der Waals surface area contributed by atoms with E-state index in [1.807, 2.05) is 0 Å². The number of nitrogens with zero attached hydrogens (tertiary/aromatic N) is 1. The molecule has 0 bridgehead atoms. The molecule has 0 aliphatic heterocycles. The van der Waals surface area contributed by atoms with Crippen LogP contribution in [0.2, 0.25) is 0 Å². The van der Waals surface area contributed by atoms with E-state index in [4.69, 9.17) is 9.47 Å². The summed E-state index contributed by atoms with van der Waals surface area (Å²) in [4.78, 5) is 24.7. The summed E-state index contributed by atoms with van der Waals surface area (Å²) in [5.74, 6) is -0.398. The molecule has 116 valence electrons. The first-order valence-corrected chi connectivity index (χ1v) is 7.21. The van der Waals surface area contributed by atoms with Gasteiger partial charge >= 0.3 is 12.1 Å². The van der Waals surface area contributed by atoms with Crippen LogP contribution in [0.3, 0.4) is 0 Å². The minimum atomic E-state index is -0.641. The molecule has 0 fully saturated rings. The van der Waals surface area contributed by atoms with E-state index in [0.717, 1.165) is 25.7 Å². The molecule has 0 radical (unpaired) electrons. The number of rotatable bonds is 10. The molecule has 0 saturated heterocycles. The van der Waals surface area contributed by atoms with Gasteiger partial charge in [0.05, 0.1) is 13.2 Å². The molecule has 0 spiro atoms. The van der Waals surface area contributed by atoms with Gasteiger partial charge in [-0.1, -0.05) is 32.3 Å². The highest BCUT2D eigenvalue weighted by molar-refractivity contribution is 5.80. The van der Waals surface area contributed by atoms with Crippen LogP contribution in [0.15, 0.2) is 12.7 Å². The van der Waals surface area contributed by atoms with Crippen molar-refractivity contribution in [3.8, 4) is 0 Å². The Hall–Kier alpha value is -1.52. The zero-order chi connectivity index (χ0) is 15.4. The van der Waals surface area contributed by atoms with Gasteiger partial charge in [-0.05, 0) is 19.8 Å². The molecule has 0 aliphatic rings. The third-order valence-corrected chi connectivity index (χ3v) is 3.00. The number of esters is 1. The van der Waals surface area contributed by atoms with Crippen LogP contribution in [0, 0.1) is 0 Å². The Morgan fingerprint density at radius 3 is 2.50 bits per heavy atom. The van der Waals surface area contributed by atoms with E-state index in [2.05, 4.69) is 13.5 Å². The number of ether oxygens (including phenoxy) is 2. The van der Waals surface area contributed by atoms with E-state index >= 15 is 0 Å². The summed E-state index contributed by atoms with van der Waals surface area (Å²) < 4.78 is 10.1. The van der Waals surface area contributed by atoms with E-state index < -0.39 is 18.1 Å². The Kier molecular flexibility index (Phi) is 10.5. The Morgan fingerprint density at radius 2 is 1.90 bits per heavy atom. The number of hydrogen-bond acceptors (Lipinski definition) is 4. The molecule has 5 heteroatoms. The van der Waals surface area contributed by atoms with Gasteiger partial charge in [-0.3, -0.25) is 4.90 Å². The number of carbonyl (C=O) groups is 2. The standard InChI is InChI=1S/C15H27NO4/c1-5-7-9-10-12-19-14(17)13(3)16(4)15(18)20-11-8-6-2/h6,13H,2,5,7-12H2,1,3-4H3. The smallest absolute Gasteiger partial charge is 0.410 e. The summed E-state index contributed by atoms with van der Waals surface area (Å²) >= 11 is 0. The summed E-state index contributed by atoms with van der Waals surface area (Å²) in [5.41, 5.74) is 0. The number of unbranched alkanes of at least 4 members (excludes halogenated alkanes) is 3. The van der Waals surface area contributed by atoms with Gasteiger partial charge in [-0.2, -0.15) is 0 Å². The van der Waals surface area contributed by atoms with Crippen LogP contribution in [-0.4, -0.2) is 43.3 Å². The van der Waals surface area contributed by atoms with Crippen molar-refractivity contribution in [2.24, 2.45) is 0 Å². The van der Waals surface area contributed by atoms with Crippen molar-refractivity contribution in [2.45, 2.75) is 52.0 Å². The number of amides is 1. The van der Waals surface area contributed by atoms with Gasteiger partial charge in [0, 0.05) is 7.05 Å². The summed E-state index contributed by atoms with van der Waals surface area (Å²) in [6, 6.07) is -0.641. The van der Waals surface area contributed by atoms with Crippen molar-refractivity contribution in [3.63, 3.8) is 0 Å². The first kappa shape index (κ1) is 18.5. The maximum atomic E-state index is 11.8. The molecule has 0 N–H and O–H groups in total. The molecule has 0 aliphatic carbocycles. The van der Waals surface area contributed by atoms with E-state index in [1.54, 1.807) is 13.0 Å². The van der Waals surface area contributed by atoms with Crippen molar-refractivity contribution in [1.29, 1.82) is 0 Å². The molecule has 1 unspecified atom stereocenters. The van der Waals surface area contributed by atoms with Crippen LogP contribution in [0.5, 0.6) is 0 Å². The third kappa shape index (κ3) is 7.81. The van der Waals surface area contributed by atoms with E-state index in [0.29, 0.717) is 13.0 Å². The first-order chi connectivity index (χ1) is 9.54. The summed E-state index contributed by atoms with van der Waals surface area (Å²) in [7, 11) is 1.53. The van der Waals surface area contributed by atoms with E-state index in [1.165, 1.54) is 11.9 Å². The molecule has 0 rings (SSSR count). The Labute approximate surface area is 121 Å². The normalized spacial score (nSPS) is 11.6. The SMILES string of the molecule is C=CCCOC(=O)N(C)C(C)C(=O)OCCCCCC. The fraction of sp³-hybridized carbons (Fsp3) is 0.733. The van der Waals surface area contributed by atoms with Gasteiger partial charge in [0.25, 0.3) is 0 Å². The van der Waals surface area contributed by atoms with Gasteiger partial charge < -0.3 is 9.47 Å². The predicted molar refractivity (Wildman–Crippen MR) is 78.5 cm³/mol. The Morgan fingerprint density at radius 1 is 1.20 bits per heavy atom. The maximum absolute atomic E-state index is 11.8. The topological polar surface area (TPSA) is 55.8 Å². The molecule has 5 nitrogen and oxygen atoms in total. The fourth-order valence-electron chi connectivity index (χ4n) is 1.47. The van der Waals surface area contributed by atoms with Gasteiger partial charge in [-0.15, -0.1) is 6.58 Å². The molecule has 0 aromatic rings. The van der Waals surface area contributed by atoms with Crippen LogP contribution in [0.4, 0.5) is 4.79 Å². The second-order valence-corrected chi connectivity index (χ2v) is 4.71. The lowest BCUT2D eigenvalue weighted by Gasteiger charge is -2.22. The van der Waals surface area contributed by atoms with Crippen molar-refractivity contribution < 1.29 is 19.1 Å². The highest BCUT2D eigenvalue weighted by Crippen LogP contribution is 2.04. The minimum Gasteiger partial charge on any atom is -0.464 e. The molecular formula is C15H27NO4. The van der Waals surface area contributed by atoms with Crippen LogP contribution in [0.1, 0.15) is 46.0 Å². The average molecular weight is 285 g/mol. The minimum absolute atomic E-state index is 0.269. The van der Waals surface area contributed by atoms with Gasteiger partial charge in [0.1, 0.15) is 6.04 Å². The zero-order valence-electron chi connectivity index (χ0n) is 12.9. The first-order valence-electron chi connectivity index (χ1n) is 7.21. The molecule has 0 saturated carbocycles. The second-order valence-electron chi connectivity index (χ2n) is 4.71. The highest BCUT2D eigenvalue weighted by atomic mass is 16.6. The molecule has 20 heavy (non-hydrogen) atoms. The molecule has 0 heterocycles. The quantitative estimate of drug-likeness (QED) is 0.351. The molecule has 1 amide bonds. The Balaban J connectivity index is 3.95. The number of carbonyl (C=O) groups excluding carboxylic acids is 2. The molecule has 1 atom stereocenters. The lowest BCUT2D eigenvalue weighted by molar-refractivity contribution is -0.148. The lowest BCUT2D eigenvalue weighted by atomic mass is 10.2. The largest absolute Gasteiger partial charge is 0.464 e. The highest BCUT2D eigenvalue weighted by Gasteiger charge is 2.24. The fourth-order valence-corrected chi connectivity index (χ4v) is 1.47. The van der Waals surface area contributed by atoms with Crippen molar-refractivity contribution in [1.82, 2.24) is 4.90 Å². The second kappa shape index (κ2) is 11.3. The average Bonchev–Trinajstić information content (AvgIpc) is 2.45. The summed E-state index contributed by atoms with van der Waals surface area (Å²) in [6.07, 6.45) is 5.93. The zero-order valence-corrected chi connectivity index (χ0v) is 12.9. The predicted octanol–water partition coefficient (Wildman–Crippen LogP) is 3.14. The van der Waals surface area contributed by atoms with Crippen molar-refractivity contribution in [3.05, 3.63) is 12.7 Å². The molecule has 0 aromatic carbocycles. The van der Waals surface area contributed by atoms with Crippen LogP contribution in [0.25, 0.3) is 0 Å². The van der Waals surface area contributed by atoms with Crippen LogP contribution < -0.4 is 0 Å². The maximum Gasteiger partial charge on any atom is 0.410 e. The summed E-state index contributed by atoms with van der Waals surface area (Å²) in [5, 5.41) is 0. The molecule has 0 aromatic heterocycles. The van der Waals surface area contributed by atoms with Crippen molar-refractivity contribution in [2.75, 3.05) is 20.3 Å². The van der Waals surface area contributed by atoms with E-state index in [-0.39, 0.29) is 6.61 Å². The van der Waals surface area contributed by atoms with Crippen molar-refractivity contribution >= 4 is 12.1 Å². The lowest BCUT2D eigenvalue weighted by Crippen LogP contribution is -2.41.